The highest BCUT2D eigenvalue weighted by Crippen LogP contribution is 2.15. The van der Waals surface area contributed by atoms with Gasteiger partial charge in [0.05, 0.1) is 0 Å². The van der Waals surface area contributed by atoms with Crippen LogP contribution in [0.2, 0.25) is 0 Å². The molecule has 0 spiro atoms. The summed E-state index contributed by atoms with van der Waals surface area (Å²) in [7, 11) is 1.69. The van der Waals surface area contributed by atoms with Gasteiger partial charge in [-0.1, -0.05) is 19.0 Å². The van der Waals surface area contributed by atoms with E-state index in [4.69, 9.17) is 15.0 Å². The number of rotatable bonds is 9. The number of ether oxygens (including phenoxy) is 1. The minimum atomic E-state index is 0.428. The highest BCUT2D eigenvalue weighted by molar-refractivity contribution is 4.88. The van der Waals surface area contributed by atoms with E-state index in [2.05, 4.69) is 24.0 Å². The molecule has 104 valence electrons. The van der Waals surface area contributed by atoms with Gasteiger partial charge in [0.2, 0.25) is 5.89 Å². The number of aromatic nitrogens is 2. The van der Waals surface area contributed by atoms with Crippen molar-refractivity contribution in [1.82, 2.24) is 10.1 Å². The van der Waals surface area contributed by atoms with Crippen molar-refractivity contribution in [3.05, 3.63) is 11.7 Å². The molecule has 0 bridgehead atoms. The van der Waals surface area contributed by atoms with E-state index in [9.17, 15) is 0 Å². The quantitative estimate of drug-likeness (QED) is 0.681. The normalized spacial score (nSPS) is 13.2. The van der Waals surface area contributed by atoms with Crippen molar-refractivity contribution < 1.29 is 9.26 Å². The van der Waals surface area contributed by atoms with Crippen molar-refractivity contribution in [3.8, 4) is 0 Å². The van der Waals surface area contributed by atoms with Gasteiger partial charge < -0.3 is 15.0 Å². The fraction of sp³-hybridized carbons (Fsp3) is 0.846. The second-order valence-corrected chi connectivity index (χ2v) is 5.14. The topological polar surface area (TPSA) is 74.2 Å². The Morgan fingerprint density at radius 2 is 2.17 bits per heavy atom. The average molecular weight is 255 g/mol. The summed E-state index contributed by atoms with van der Waals surface area (Å²) in [5.74, 6) is 2.54. The van der Waals surface area contributed by atoms with Crippen LogP contribution in [-0.4, -0.2) is 30.4 Å². The van der Waals surface area contributed by atoms with Crippen LogP contribution in [0.25, 0.3) is 0 Å². The van der Waals surface area contributed by atoms with Crippen LogP contribution in [0, 0.1) is 11.8 Å². The molecule has 0 amide bonds. The van der Waals surface area contributed by atoms with E-state index in [1.807, 2.05) is 0 Å². The van der Waals surface area contributed by atoms with Gasteiger partial charge in [0, 0.05) is 26.6 Å². The fourth-order valence-corrected chi connectivity index (χ4v) is 2.03. The molecular weight excluding hydrogens is 230 g/mol. The van der Waals surface area contributed by atoms with Gasteiger partial charge in [-0.05, 0) is 31.2 Å². The van der Waals surface area contributed by atoms with Crippen LogP contribution >= 0.6 is 0 Å². The molecule has 0 unspecified atom stereocenters. The molecule has 18 heavy (non-hydrogen) atoms. The molecule has 0 aromatic carbocycles. The van der Waals surface area contributed by atoms with Crippen molar-refractivity contribution in [2.45, 2.75) is 39.5 Å². The second-order valence-electron chi connectivity index (χ2n) is 5.14. The molecule has 5 nitrogen and oxygen atoms in total. The van der Waals surface area contributed by atoms with Crippen molar-refractivity contribution in [2.24, 2.45) is 17.6 Å². The first-order valence-electron chi connectivity index (χ1n) is 6.66. The molecule has 0 aliphatic heterocycles. The van der Waals surface area contributed by atoms with Crippen LogP contribution < -0.4 is 5.73 Å². The Hall–Kier alpha value is -0.940. The van der Waals surface area contributed by atoms with E-state index in [-0.39, 0.29) is 0 Å². The summed E-state index contributed by atoms with van der Waals surface area (Å²) in [5.41, 5.74) is 5.77. The lowest BCUT2D eigenvalue weighted by atomic mass is 9.94. The Morgan fingerprint density at radius 3 is 2.78 bits per heavy atom. The van der Waals surface area contributed by atoms with E-state index in [1.54, 1.807) is 7.11 Å². The minimum Gasteiger partial charge on any atom is -0.385 e. The molecule has 0 saturated carbocycles. The van der Waals surface area contributed by atoms with Crippen LogP contribution in [0.1, 0.15) is 38.4 Å². The number of hydrogen-bond donors (Lipinski definition) is 1. The van der Waals surface area contributed by atoms with Crippen LogP contribution in [0.3, 0.4) is 0 Å². The summed E-state index contributed by atoms with van der Waals surface area (Å²) in [6, 6.07) is 0. The predicted molar refractivity (Wildman–Crippen MR) is 70.2 cm³/mol. The molecule has 0 fully saturated rings. The standard InChI is InChI=1S/C13H25N3O2/c1-10(2)7-11(9-14)8-13-15-12(16-18-13)5-4-6-17-3/h10-11H,4-9,14H2,1-3H3/t11-/m0/s1. The van der Waals surface area contributed by atoms with Gasteiger partial charge in [0.1, 0.15) is 0 Å². The monoisotopic (exact) mass is 255 g/mol. The van der Waals surface area contributed by atoms with Crippen molar-refractivity contribution in [3.63, 3.8) is 0 Å². The van der Waals surface area contributed by atoms with Crippen molar-refractivity contribution >= 4 is 0 Å². The molecule has 0 radical (unpaired) electrons. The van der Waals surface area contributed by atoms with Crippen LogP contribution in [-0.2, 0) is 17.6 Å². The Kier molecular flexibility index (Phi) is 6.90. The average Bonchev–Trinajstić information content (AvgIpc) is 2.76. The number of hydrogen-bond acceptors (Lipinski definition) is 5. The Labute approximate surface area is 109 Å². The maximum absolute atomic E-state index is 5.77. The predicted octanol–water partition coefficient (Wildman–Crippen LogP) is 1.81. The molecule has 1 aromatic rings. The van der Waals surface area contributed by atoms with Gasteiger partial charge in [-0.3, -0.25) is 0 Å². The molecule has 5 heteroatoms. The summed E-state index contributed by atoms with van der Waals surface area (Å²) in [5, 5.41) is 3.97. The number of methoxy groups -OCH3 is 1. The molecular formula is C13H25N3O2. The first-order valence-corrected chi connectivity index (χ1v) is 6.66. The fourth-order valence-electron chi connectivity index (χ4n) is 2.03. The summed E-state index contributed by atoms with van der Waals surface area (Å²) in [4.78, 5) is 4.39. The molecule has 0 aliphatic carbocycles. The van der Waals surface area contributed by atoms with E-state index < -0.39 is 0 Å². The first kappa shape index (κ1) is 15.1. The smallest absolute Gasteiger partial charge is 0.226 e. The zero-order chi connectivity index (χ0) is 13.4. The van der Waals surface area contributed by atoms with Crippen molar-refractivity contribution in [1.29, 1.82) is 0 Å². The van der Waals surface area contributed by atoms with Gasteiger partial charge in [-0.25, -0.2) is 0 Å². The van der Waals surface area contributed by atoms with Gasteiger partial charge in [-0.2, -0.15) is 4.98 Å². The van der Waals surface area contributed by atoms with Crippen molar-refractivity contribution in [2.75, 3.05) is 20.3 Å². The molecule has 1 atom stereocenters. The molecule has 0 aliphatic rings. The third-order valence-electron chi connectivity index (χ3n) is 2.86. The van der Waals surface area contributed by atoms with Crippen LogP contribution in [0.15, 0.2) is 4.52 Å². The SMILES string of the molecule is COCCCc1noc(C[C@@H](CN)CC(C)C)n1. The summed E-state index contributed by atoms with van der Waals surface area (Å²) < 4.78 is 10.2. The minimum absolute atomic E-state index is 0.428. The molecule has 1 rings (SSSR count). The third-order valence-corrected chi connectivity index (χ3v) is 2.86. The molecule has 0 saturated heterocycles. The lowest BCUT2D eigenvalue weighted by Gasteiger charge is -2.14. The van der Waals surface area contributed by atoms with E-state index >= 15 is 0 Å². The maximum atomic E-state index is 5.77. The highest BCUT2D eigenvalue weighted by Gasteiger charge is 2.14. The van der Waals surface area contributed by atoms with Gasteiger partial charge >= 0.3 is 0 Å². The molecule has 2 N–H and O–H groups in total. The number of aryl methyl sites for hydroxylation is 1. The second kappa shape index (κ2) is 8.21. The highest BCUT2D eigenvalue weighted by atomic mass is 16.5. The number of nitrogens with zero attached hydrogens (tertiary/aromatic N) is 2. The van der Waals surface area contributed by atoms with E-state index in [0.717, 1.165) is 38.1 Å². The van der Waals surface area contributed by atoms with Crippen LogP contribution in [0.4, 0.5) is 0 Å². The number of nitrogens with two attached hydrogens (primary N) is 1. The summed E-state index contributed by atoms with van der Waals surface area (Å²) in [6.07, 6.45) is 3.60. The van der Waals surface area contributed by atoms with Gasteiger partial charge in [0.15, 0.2) is 5.82 Å². The Morgan fingerprint density at radius 1 is 1.39 bits per heavy atom. The lowest BCUT2D eigenvalue weighted by Crippen LogP contribution is -2.19. The van der Waals surface area contributed by atoms with E-state index in [1.165, 1.54) is 0 Å². The Balaban J connectivity index is 2.41. The lowest BCUT2D eigenvalue weighted by molar-refractivity contribution is 0.194. The van der Waals surface area contributed by atoms with Gasteiger partial charge in [-0.15, -0.1) is 0 Å². The largest absolute Gasteiger partial charge is 0.385 e. The summed E-state index contributed by atoms with van der Waals surface area (Å²) in [6.45, 7) is 5.79. The van der Waals surface area contributed by atoms with Gasteiger partial charge in [0.25, 0.3) is 0 Å². The zero-order valence-electron chi connectivity index (χ0n) is 11.7. The van der Waals surface area contributed by atoms with Crippen LogP contribution in [0.5, 0.6) is 0 Å². The molecule has 1 heterocycles. The first-order chi connectivity index (χ1) is 8.65. The van der Waals surface area contributed by atoms with E-state index in [0.29, 0.717) is 24.3 Å². The third kappa shape index (κ3) is 5.60. The maximum Gasteiger partial charge on any atom is 0.226 e. The Bertz CT molecular complexity index is 326. The molecule has 1 aromatic heterocycles. The zero-order valence-corrected chi connectivity index (χ0v) is 11.7. The summed E-state index contributed by atoms with van der Waals surface area (Å²) >= 11 is 0.